The normalized spacial score (nSPS) is 10.9. The molecule has 1 nitrogen and oxygen atoms in total. The van der Waals surface area contributed by atoms with Gasteiger partial charge in [-0.2, -0.15) is 0 Å². The molecule has 0 fully saturated rings. The van der Waals surface area contributed by atoms with Crippen LogP contribution in [0.25, 0.3) is 20.8 Å². The molecule has 4 aromatic rings. The van der Waals surface area contributed by atoms with Crippen LogP contribution in [0.1, 0.15) is 11.1 Å². The van der Waals surface area contributed by atoms with Crippen LogP contribution in [0.3, 0.4) is 0 Å². The Morgan fingerprint density at radius 3 is 2.23 bits per heavy atom. The molecule has 0 bridgehead atoms. The van der Waals surface area contributed by atoms with E-state index in [1.165, 1.54) is 21.4 Å². The SMILES string of the molecule is c1ccc(Cc2ccc3sc(-c4ccccc4)nc3c2)cc1. The molecule has 2 heteroatoms. The second-order valence-corrected chi connectivity index (χ2v) is 6.38. The number of aromatic nitrogens is 1. The molecular weight excluding hydrogens is 286 g/mol. The van der Waals surface area contributed by atoms with Gasteiger partial charge in [-0.05, 0) is 29.7 Å². The van der Waals surface area contributed by atoms with Gasteiger partial charge in [0.05, 0.1) is 10.2 Å². The van der Waals surface area contributed by atoms with Crippen molar-refractivity contribution in [3.05, 3.63) is 90.0 Å². The number of fused-ring (bicyclic) bond motifs is 1. The highest BCUT2D eigenvalue weighted by Gasteiger charge is 2.07. The average Bonchev–Trinajstić information content (AvgIpc) is 3.00. The summed E-state index contributed by atoms with van der Waals surface area (Å²) >= 11 is 1.75. The van der Waals surface area contributed by atoms with Gasteiger partial charge in [0.25, 0.3) is 0 Å². The van der Waals surface area contributed by atoms with E-state index in [1.54, 1.807) is 11.3 Å². The molecule has 3 aromatic carbocycles. The summed E-state index contributed by atoms with van der Waals surface area (Å²) in [6, 6.07) is 27.6. The maximum atomic E-state index is 4.80. The largest absolute Gasteiger partial charge is 0.236 e. The first-order chi connectivity index (χ1) is 10.9. The van der Waals surface area contributed by atoms with E-state index >= 15 is 0 Å². The minimum atomic E-state index is 0.953. The molecule has 4 rings (SSSR count). The highest BCUT2D eigenvalue weighted by atomic mass is 32.1. The van der Waals surface area contributed by atoms with Crippen LogP contribution >= 0.6 is 11.3 Å². The molecule has 0 atom stereocenters. The lowest BCUT2D eigenvalue weighted by Crippen LogP contribution is -1.87. The molecule has 0 saturated carbocycles. The first-order valence-electron chi connectivity index (χ1n) is 7.37. The molecule has 0 aliphatic rings. The van der Waals surface area contributed by atoms with Crippen molar-refractivity contribution in [2.24, 2.45) is 0 Å². The number of benzene rings is 3. The molecule has 0 unspecified atom stereocenters. The molecule has 0 N–H and O–H groups in total. The van der Waals surface area contributed by atoms with Gasteiger partial charge in [-0.25, -0.2) is 4.98 Å². The van der Waals surface area contributed by atoms with E-state index in [0.717, 1.165) is 16.9 Å². The van der Waals surface area contributed by atoms with Crippen LogP contribution in [0.5, 0.6) is 0 Å². The summed E-state index contributed by atoms with van der Waals surface area (Å²) in [5.74, 6) is 0. The quantitative estimate of drug-likeness (QED) is 0.483. The van der Waals surface area contributed by atoms with E-state index in [2.05, 4.69) is 72.8 Å². The molecule has 106 valence electrons. The van der Waals surface area contributed by atoms with Gasteiger partial charge < -0.3 is 0 Å². The lowest BCUT2D eigenvalue weighted by molar-refractivity contribution is 1.20. The van der Waals surface area contributed by atoms with E-state index < -0.39 is 0 Å². The first-order valence-corrected chi connectivity index (χ1v) is 8.19. The molecule has 22 heavy (non-hydrogen) atoms. The van der Waals surface area contributed by atoms with Gasteiger partial charge in [-0.3, -0.25) is 0 Å². The first kappa shape index (κ1) is 13.2. The van der Waals surface area contributed by atoms with E-state index in [1.807, 2.05) is 6.07 Å². The van der Waals surface area contributed by atoms with E-state index in [9.17, 15) is 0 Å². The molecular formula is C20H15NS. The van der Waals surface area contributed by atoms with Gasteiger partial charge in [0, 0.05) is 5.56 Å². The third-order valence-corrected chi connectivity index (χ3v) is 4.81. The van der Waals surface area contributed by atoms with Crippen LogP contribution in [0.2, 0.25) is 0 Å². The zero-order valence-corrected chi connectivity index (χ0v) is 12.9. The molecule has 0 amide bonds. The second kappa shape index (κ2) is 5.74. The number of hydrogen-bond donors (Lipinski definition) is 0. The Morgan fingerprint density at radius 1 is 0.727 bits per heavy atom. The highest BCUT2D eigenvalue weighted by Crippen LogP contribution is 2.30. The van der Waals surface area contributed by atoms with Crippen molar-refractivity contribution in [3.8, 4) is 10.6 Å². The Bertz CT molecular complexity index is 895. The fourth-order valence-corrected chi connectivity index (χ4v) is 3.57. The molecule has 1 heterocycles. The summed E-state index contributed by atoms with van der Waals surface area (Å²) in [5, 5.41) is 1.09. The predicted octanol–water partition coefficient (Wildman–Crippen LogP) is 5.55. The van der Waals surface area contributed by atoms with Gasteiger partial charge in [-0.1, -0.05) is 66.7 Å². The monoisotopic (exact) mass is 301 g/mol. The van der Waals surface area contributed by atoms with Gasteiger partial charge >= 0.3 is 0 Å². The third-order valence-electron chi connectivity index (χ3n) is 3.72. The predicted molar refractivity (Wildman–Crippen MR) is 94.3 cm³/mol. The van der Waals surface area contributed by atoms with Crippen molar-refractivity contribution in [2.75, 3.05) is 0 Å². The van der Waals surface area contributed by atoms with Crippen molar-refractivity contribution >= 4 is 21.6 Å². The summed E-state index contributed by atoms with van der Waals surface area (Å²) in [5.41, 5.74) is 4.93. The van der Waals surface area contributed by atoms with Crippen LogP contribution in [-0.2, 0) is 6.42 Å². The standard InChI is InChI=1S/C20H15NS/c1-3-7-15(8-4-1)13-16-11-12-19-18(14-16)21-20(22-19)17-9-5-2-6-10-17/h1-12,14H,13H2. The van der Waals surface area contributed by atoms with Gasteiger partial charge in [0.1, 0.15) is 5.01 Å². The third kappa shape index (κ3) is 2.66. The van der Waals surface area contributed by atoms with Crippen LogP contribution in [0.15, 0.2) is 78.9 Å². The lowest BCUT2D eigenvalue weighted by atomic mass is 10.1. The van der Waals surface area contributed by atoms with Crippen LogP contribution in [0.4, 0.5) is 0 Å². The molecule has 0 aliphatic heterocycles. The Labute approximate surface area is 133 Å². The van der Waals surface area contributed by atoms with Crippen molar-refractivity contribution in [1.29, 1.82) is 0 Å². The van der Waals surface area contributed by atoms with E-state index in [0.29, 0.717) is 0 Å². The summed E-state index contributed by atoms with van der Waals surface area (Å²) in [4.78, 5) is 4.80. The Hall–Kier alpha value is -2.45. The molecule has 0 aliphatic carbocycles. The lowest BCUT2D eigenvalue weighted by Gasteiger charge is -2.01. The molecule has 1 aromatic heterocycles. The number of rotatable bonds is 3. The van der Waals surface area contributed by atoms with Crippen LogP contribution in [0, 0.1) is 0 Å². The van der Waals surface area contributed by atoms with Crippen molar-refractivity contribution in [1.82, 2.24) is 4.98 Å². The Kier molecular flexibility index (Phi) is 3.45. The number of thiazole rings is 1. The number of hydrogen-bond acceptors (Lipinski definition) is 2. The van der Waals surface area contributed by atoms with Gasteiger partial charge in [-0.15, -0.1) is 11.3 Å². The van der Waals surface area contributed by atoms with Crippen LogP contribution in [-0.4, -0.2) is 4.98 Å². The Balaban J connectivity index is 1.69. The minimum Gasteiger partial charge on any atom is -0.236 e. The topological polar surface area (TPSA) is 12.9 Å². The maximum Gasteiger partial charge on any atom is 0.124 e. The smallest absolute Gasteiger partial charge is 0.124 e. The minimum absolute atomic E-state index is 0.953. The summed E-state index contributed by atoms with van der Waals surface area (Å²) in [6.07, 6.45) is 0.953. The average molecular weight is 301 g/mol. The van der Waals surface area contributed by atoms with Crippen molar-refractivity contribution < 1.29 is 0 Å². The van der Waals surface area contributed by atoms with Gasteiger partial charge in [0.15, 0.2) is 0 Å². The summed E-state index contributed by atoms with van der Waals surface area (Å²) in [7, 11) is 0. The summed E-state index contributed by atoms with van der Waals surface area (Å²) < 4.78 is 1.25. The number of nitrogens with zero attached hydrogens (tertiary/aromatic N) is 1. The zero-order chi connectivity index (χ0) is 14.8. The van der Waals surface area contributed by atoms with Crippen molar-refractivity contribution in [3.63, 3.8) is 0 Å². The zero-order valence-electron chi connectivity index (χ0n) is 12.1. The van der Waals surface area contributed by atoms with E-state index in [-0.39, 0.29) is 0 Å². The fourth-order valence-electron chi connectivity index (χ4n) is 2.62. The van der Waals surface area contributed by atoms with E-state index in [4.69, 9.17) is 4.98 Å². The summed E-state index contributed by atoms with van der Waals surface area (Å²) in [6.45, 7) is 0. The maximum absolute atomic E-state index is 4.80. The molecule has 0 radical (unpaired) electrons. The highest BCUT2D eigenvalue weighted by molar-refractivity contribution is 7.21. The van der Waals surface area contributed by atoms with Crippen LogP contribution < -0.4 is 0 Å². The fraction of sp³-hybridized carbons (Fsp3) is 0.0500. The van der Waals surface area contributed by atoms with Crippen molar-refractivity contribution in [2.45, 2.75) is 6.42 Å². The van der Waals surface area contributed by atoms with Gasteiger partial charge in [0.2, 0.25) is 0 Å². The second-order valence-electron chi connectivity index (χ2n) is 5.35. The molecule has 0 spiro atoms. The molecule has 0 saturated heterocycles. The Morgan fingerprint density at radius 2 is 1.45 bits per heavy atom.